The third-order valence-corrected chi connectivity index (χ3v) is 5.81. The Morgan fingerprint density at radius 2 is 1.52 bits per heavy atom. The lowest BCUT2D eigenvalue weighted by Crippen LogP contribution is -2.28. The van der Waals surface area contributed by atoms with Gasteiger partial charge in [0.25, 0.3) is 0 Å². The maximum absolute atomic E-state index is 12.6. The van der Waals surface area contributed by atoms with Crippen molar-refractivity contribution in [3.05, 3.63) is 59.7 Å². The van der Waals surface area contributed by atoms with Crippen LogP contribution in [0.3, 0.4) is 0 Å². The molecule has 0 fully saturated rings. The first kappa shape index (κ1) is 19.1. The summed E-state index contributed by atoms with van der Waals surface area (Å²) in [5.74, 6) is -1.28. The van der Waals surface area contributed by atoms with Crippen molar-refractivity contribution in [2.45, 2.75) is 30.2 Å². The Labute approximate surface area is 148 Å². The van der Waals surface area contributed by atoms with E-state index in [1.807, 2.05) is 18.9 Å². The summed E-state index contributed by atoms with van der Waals surface area (Å²) in [6, 6.07) is 13.5. The molecule has 0 heterocycles. The fraction of sp³-hybridized carbons (Fsp3) is 0.316. The molecule has 1 N–H and O–H groups in total. The first-order valence-electron chi connectivity index (χ1n) is 8.02. The average molecular weight is 361 g/mol. The van der Waals surface area contributed by atoms with Crippen LogP contribution >= 0.6 is 0 Å². The lowest BCUT2D eigenvalue weighted by Gasteiger charge is -2.19. The van der Waals surface area contributed by atoms with Crippen molar-refractivity contribution in [3.8, 4) is 0 Å². The standard InChI is InChI=1S/C19H23NO4S/c1-14-4-8-17(9-5-14)25(23,24)18-10-6-16(7-11-18)13-20(3)12-15(2)19(21)22/h4-11,15H,12-13H2,1-3H3,(H,21,22). The molecular formula is C19H23NO4S. The zero-order valence-corrected chi connectivity index (χ0v) is 15.5. The highest BCUT2D eigenvalue weighted by atomic mass is 32.2. The lowest BCUT2D eigenvalue weighted by atomic mass is 10.1. The lowest BCUT2D eigenvalue weighted by molar-refractivity contribution is -0.141. The van der Waals surface area contributed by atoms with Gasteiger partial charge in [-0.25, -0.2) is 8.42 Å². The first-order chi connectivity index (χ1) is 11.7. The van der Waals surface area contributed by atoms with Gasteiger partial charge in [0.15, 0.2) is 0 Å². The molecule has 5 nitrogen and oxygen atoms in total. The van der Waals surface area contributed by atoms with E-state index in [0.717, 1.165) is 11.1 Å². The number of aryl methyl sites for hydroxylation is 1. The van der Waals surface area contributed by atoms with Gasteiger partial charge in [0, 0.05) is 13.1 Å². The zero-order valence-electron chi connectivity index (χ0n) is 14.6. The molecule has 0 bridgehead atoms. The molecule has 0 saturated carbocycles. The second-order valence-electron chi connectivity index (χ2n) is 6.40. The Balaban J connectivity index is 2.11. The summed E-state index contributed by atoms with van der Waals surface area (Å²) in [4.78, 5) is 13.3. The van der Waals surface area contributed by atoms with E-state index in [1.165, 1.54) is 0 Å². The Morgan fingerprint density at radius 1 is 1.04 bits per heavy atom. The molecule has 0 amide bonds. The fourth-order valence-electron chi connectivity index (χ4n) is 2.55. The number of carbonyl (C=O) groups is 1. The molecule has 2 aromatic carbocycles. The average Bonchev–Trinajstić information content (AvgIpc) is 2.55. The number of benzene rings is 2. The third-order valence-electron chi connectivity index (χ3n) is 4.02. The van der Waals surface area contributed by atoms with Gasteiger partial charge in [-0.3, -0.25) is 4.79 Å². The summed E-state index contributed by atoms with van der Waals surface area (Å²) in [5.41, 5.74) is 1.94. The zero-order chi connectivity index (χ0) is 18.6. The van der Waals surface area contributed by atoms with Gasteiger partial charge in [-0.05, 0) is 43.8 Å². The Bertz CT molecular complexity index is 827. The van der Waals surface area contributed by atoms with Crippen LogP contribution in [-0.4, -0.2) is 38.0 Å². The maximum Gasteiger partial charge on any atom is 0.307 e. The highest BCUT2D eigenvalue weighted by Gasteiger charge is 2.18. The molecule has 0 spiro atoms. The maximum atomic E-state index is 12.6. The minimum atomic E-state index is -3.52. The molecule has 0 aromatic heterocycles. The highest BCUT2D eigenvalue weighted by Crippen LogP contribution is 2.21. The first-order valence-corrected chi connectivity index (χ1v) is 9.50. The van der Waals surface area contributed by atoms with E-state index in [4.69, 9.17) is 5.11 Å². The summed E-state index contributed by atoms with van der Waals surface area (Å²) in [6.07, 6.45) is 0. The van der Waals surface area contributed by atoms with Crippen LogP contribution in [0.2, 0.25) is 0 Å². The SMILES string of the molecule is Cc1ccc(S(=O)(=O)c2ccc(CN(C)CC(C)C(=O)O)cc2)cc1. The van der Waals surface area contributed by atoms with Crippen LogP contribution in [-0.2, 0) is 21.2 Å². The van der Waals surface area contributed by atoms with Gasteiger partial charge >= 0.3 is 5.97 Å². The van der Waals surface area contributed by atoms with Crippen LogP contribution in [0, 0.1) is 12.8 Å². The van der Waals surface area contributed by atoms with Gasteiger partial charge < -0.3 is 10.0 Å². The van der Waals surface area contributed by atoms with E-state index in [1.54, 1.807) is 55.5 Å². The van der Waals surface area contributed by atoms with Gasteiger partial charge in [-0.2, -0.15) is 0 Å². The summed E-state index contributed by atoms with van der Waals surface area (Å²) < 4.78 is 25.2. The van der Waals surface area contributed by atoms with Gasteiger partial charge in [0.05, 0.1) is 15.7 Å². The van der Waals surface area contributed by atoms with Gasteiger partial charge in [-0.15, -0.1) is 0 Å². The Kier molecular flexibility index (Phi) is 5.98. The third kappa shape index (κ3) is 4.90. The smallest absolute Gasteiger partial charge is 0.307 e. The van der Waals surface area contributed by atoms with Crippen molar-refractivity contribution in [1.82, 2.24) is 4.90 Å². The van der Waals surface area contributed by atoms with E-state index in [0.29, 0.717) is 13.1 Å². The number of sulfone groups is 1. The van der Waals surface area contributed by atoms with Crippen LogP contribution in [0.5, 0.6) is 0 Å². The van der Waals surface area contributed by atoms with Crippen molar-refractivity contribution < 1.29 is 18.3 Å². The molecule has 1 atom stereocenters. The van der Waals surface area contributed by atoms with Gasteiger partial charge in [0.2, 0.25) is 9.84 Å². The van der Waals surface area contributed by atoms with E-state index in [-0.39, 0.29) is 9.79 Å². The number of carboxylic acids is 1. The Hall–Kier alpha value is -2.18. The van der Waals surface area contributed by atoms with Crippen molar-refractivity contribution in [2.24, 2.45) is 5.92 Å². The topological polar surface area (TPSA) is 74.7 Å². The molecule has 6 heteroatoms. The predicted octanol–water partition coefficient (Wildman–Crippen LogP) is 2.98. The number of carboxylic acid groups (broad SMARTS) is 1. The number of hydrogen-bond donors (Lipinski definition) is 1. The summed E-state index contributed by atoms with van der Waals surface area (Å²) in [5, 5.41) is 8.95. The number of nitrogens with zero attached hydrogens (tertiary/aromatic N) is 1. The van der Waals surface area contributed by atoms with Crippen LogP contribution in [0.15, 0.2) is 58.3 Å². The van der Waals surface area contributed by atoms with Gasteiger partial charge in [0.1, 0.15) is 0 Å². The minimum Gasteiger partial charge on any atom is -0.481 e. The van der Waals surface area contributed by atoms with Crippen LogP contribution in [0.1, 0.15) is 18.1 Å². The summed E-state index contributed by atoms with van der Waals surface area (Å²) >= 11 is 0. The van der Waals surface area contributed by atoms with Crippen LogP contribution < -0.4 is 0 Å². The molecule has 1 unspecified atom stereocenters. The van der Waals surface area contributed by atoms with Crippen molar-refractivity contribution in [3.63, 3.8) is 0 Å². The molecular weight excluding hydrogens is 338 g/mol. The molecule has 0 radical (unpaired) electrons. The van der Waals surface area contributed by atoms with Crippen molar-refractivity contribution >= 4 is 15.8 Å². The quantitative estimate of drug-likeness (QED) is 0.821. The summed E-state index contributed by atoms with van der Waals surface area (Å²) in [6.45, 7) is 4.56. The van der Waals surface area contributed by atoms with E-state index in [9.17, 15) is 13.2 Å². The molecule has 2 rings (SSSR count). The normalized spacial score (nSPS) is 13.0. The number of hydrogen-bond acceptors (Lipinski definition) is 4. The second kappa shape index (κ2) is 7.80. The van der Waals surface area contributed by atoms with Crippen molar-refractivity contribution in [2.75, 3.05) is 13.6 Å². The molecule has 0 saturated heterocycles. The van der Waals surface area contributed by atoms with Crippen LogP contribution in [0.4, 0.5) is 0 Å². The van der Waals surface area contributed by atoms with E-state index >= 15 is 0 Å². The molecule has 0 aliphatic heterocycles. The predicted molar refractivity (Wildman–Crippen MR) is 96.2 cm³/mol. The monoisotopic (exact) mass is 361 g/mol. The highest BCUT2D eigenvalue weighted by molar-refractivity contribution is 7.91. The second-order valence-corrected chi connectivity index (χ2v) is 8.35. The fourth-order valence-corrected chi connectivity index (χ4v) is 3.81. The minimum absolute atomic E-state index is 0.252. The molecule has 0 aliphatic rings. The number of aliphatic carboxylic acids is 1. The van der Waals surface area contributed by atoms with E-state index in [2.05, 4.69) is 0 Å². The molecule has 134 valence electrons. The van der Waals surface area contributed by atoms with Gasteiger partial charge in [-0.1, -0.05) is 36.8 Å². The Morgan fingerprint density at radius 3 is 2.00 bits per heavy atom. The number of rotatable bonds is 7. The molecule has 2 aromatic rings. The largest absolute Gasteiger partial charge is 0.481 e. The van der Waals surface area contributed by atoms with Crippen LogP contribution in [0.25, 0.3) is 0 Å². The van der Waals surface area contributed by atoms with Crippen molar-refractivity contribution in [1.29, 1.82) is 0 Å². The summed E-state index contributed by atoms with van der Waals surface area (Å²) in [7, 11) is -1.68. The molecule has 25 heavy (non-hydrogen) atoms. The molecule has 0 aliphatic carbocycles. The van der Waals surface area contributed by atoms with E-state index < -0.39 is 21.7 Å².